The van der Waals surface area contributed by atoms with Gasteiger partial charge in [-0.3, -0.25) is 9.80 Å². The molecular weight excluding hydrogens is 368 g/mol. The summed E-state index contributed by atoms with van der Waals surface area (Å²) < 4.78 is 1.72. The van der Waals surface area contributed by atoms with E-state index in [4.69, 9.17) is 11.7 Å². The van der Waals surface area contributed by atoms with Crippen LogP contribution < -0.4 is 21.9 Å². The van der Waals surface area contributed by atoms with E-state index in [0.717, 1.165) is 24.3 Å². The van der Waals surface area contributed by atoms with E-state index in [1.54, 1.807) is 36.0 Å². The molecule has 1 aliphatic rings. The smallest absolute Gasteiger partial charge is 0.259 e. The molecule has 1 aromatic carbocycles. The van der Waals surface area contributed by atoms with Gasteiger partial charge in [-0.15, -0.1) is 0 Å². The summed E-state index contributed by atoms with van der Waals surface area (Å²) in [6.07, 6.45) is 5.87. The summed E-state index contributed by atoms with van der Waals surface area (Å²) in [5, 5.41) is 12.3. The molecule has 1 amide bonds. The number of aromatic nitrogens is 2. The van der Waals surface area contributed by atoms with Crippen molar-refractivity contribution in [3.63, 3.8) is 0 Å². The van der Waals surface area contributed by atoms with E-state index in [9.17, 15) is 4.79 Å². The minimum atomic E-state index is -0.233. The van der Waals surface area contributed by atoms with Gasteiger partial charge >= 0.3 is 0 Å². The summed E-state index contributed by atoms with van der Waals surface area (Å²) in [4.78, 5) is 15.3. The Labute approximate surface area is 168 Å². The first-order valence-electron chi connectivity index (χ1n) is 9.47. The monoisotopic (exact) mass is 392 g/mol. The number of amides is 1. The fraction of sp³-hybridized carbons (Fsp3) is 0.250. The number of hydrazine groups is 1. The Morgan fingerprint density at radius 2 is 2.03 bits per heavy atom. The van der Waals surface area contributed by atoms with Gasteiger partial charge in [0.2, 0.25) is 0 Å². The zero-order chi connectivity index (χ0) is 20.4. The molecular formula is C20H24N8O. The average molecular weight is 392 g/mol. The van der Waals surface area contributed by atoms with Crippen molar-refractivity contribution >= 4 is 28.6 Å². The number of hydrogen-bond acceptors (Lipinski definition) is 6. The van der Waals surface area contributed by atoms with Crippen molar-refractivity contribution < 1.29 is 4.79 Å². The van der Waals surface area contributed by atoms with Gasteiger partial charge in [-0.05, 0) is 37.1 Å². The first-order chi connectivity index (χ1) is 14.1. The Balaban J connectivity index is 1.60. The van der Waals surface area contributed by atoms with Gasteiger partial charge in [0.25, 0.3) is 5.91 Å². The van der Waals surface area contributed by atoms with E-state index in [0.29, 0.717) is 22.6 Å². The van der Waals surface area contributed by atoms with Gasteiger partial charge in [-0.1, -0.05) is 12.1 Å². The van der Waals surface area contributed by atoms with Crippen molar-refractivity contribution in [2.45, 2.75) is 12.8 Å². The molecule has 0 saturated carbocycles. The molecule has 2 aromatic heterocycles. The molecule has 29 heavy (non-hydrogen) atoms. The van der Waals surface area contributed by atoms with Crippen LogP contribution in [0.3, 0.4) is 0 Å². The van der Waals surface area contributed by atoms with Crippen molar-refractivity contribution in [1.29, 1.82) is 0 Å². The van der Waals surface area contributed by atoms with E-state index < -0.39 is 0 Å². The molecule has 150 valence electrons. The Bertz CT molecular complexity index is 1070. The van der Waals surface area contributed by atoms with Crippen LogP contribution in [0.4, 0.5) is 11.4 Å². The number of amidine groups is 1. The summed E-state index contributed by atoms with van der Waals surface area (Å²) in [5.41, 5.74) is 3.72. The summed E-state index contributed by atoms with van der Waals surface area (Å²) in [6.45, 7) is 2.08. The van der Waals surface area contributed by atoms with Crippen LogP contribution in [0.25, 0.3) is 5.52 Å². The third-order valence-electron chi connectivity index (χ3n) is 5.06. The van der Waals surface area contributed by atoms with Gasteiger partial charge in [0, 0.05) is 43.3 Å². The number of carbonyl (C=O) groups is 1. The zero-order valence-corrected chi connectivity index (χ0v) is 16.2. The van der Waals surface area contributed by atoms with Gasteiger partial charge in [0.15, 0.2) is 5.84 Å². The molecule has 1 saturated heterocycles. The number of nitrogens with one attached hydrogen (secondary N) is 1. The highest BCUT2D eigenvalue weighted by atomic mass is 16.1. The molecule has 1 fully saturated rings. The molecule has 5 N–H and O–H groups in total. The Kier molecular flexibility index (Phi) is 5.05. The first kappa shape index (κ1) is 18.8. The Morgan fingerprint density at radius 3 is 2.76 bits per heavy atom. The molecule has 0 radical (unpaired) electrons. The minimum absolute atomic E-state index is 0.233. The highest BCUT2D eigenvalue weighted by Gasteiger charge is 2.17. The molecule has 9 heteroatoms. The van der Waals surface area contributed by atoms with Crippen LogP contribution >= 0.6 is 0 Å². The van der Waals surface area contributed by atoms with Gasteiger partial charge in [-0.25, -0.2) is 10.4 Å². The second-order valence-electron chi connectivity index (χ2n) is 7.07. The molecule has 9 nitrogen and oxygen atoms in total. The van der Waals surface area contributed by atoms with E-state index in [1.165, 1.54) is 17.9 Å². The molecule has 0 spiro atoms. The number of nitrogens with zero attached hydrogens (tertiary/aromatic N) is 5. The second kappa shape index (κ2) is 7.80. The van der Waals surface area contributed by atoms with Crippen molar-refractivity contribution in [3.05, 3.63) is 59.9 Å². The van der Waals surface area contributed by atoms with Gasteiger partial charge < -0.3 is 16.1 Å². The SMILES string of the molecule is CN(N)/C(=N\N)c1cccc(NC(=O)c2cnn3ccc(N4CCCC4)cc23)c1. The highest BCUT2D eigenvalue weighted by molar-refractivity contribution is 6.09. The van der Waals surface area contributed by atoms with E-state index in [-0.39, 0.29) is 5.91 Å². The number of hydrogen-bond donors (Lipinski definition) is 3. The molecule has 1 aliphatic heterocycles. The number of nitrogens with two attached hydrogens (primary N) is 2. The largest absolute Gasteiger partial charge is 0.371 e. The fourth-order valence-corrected chi connectivity index (χ4v) is 3.62. The minimum Gasteiger partial charge on any atom is -0.371 e. The summed E-state index contributed by atoms with van der Waals surface area (Å²) in [5.74, 6) is 11.4. The van der Waals surface area contributed by atoms with Crippen LogP contribution in [-0.2, 0) is 0 Å². The topological polar surface area (TPSA) is 117 Å². The lowest BCUT2D eigenvalue weighted by molar-refractivity contribution is 0.102. The van der Waals surface area contributed by atoms with Crippen LogP contribution in [0.1, 0.15) is 28.8 Å². The Morgan fingerprint density at radius 1 is 1.24 bits per heavy atom. The molecule has 0 atom stereocenters. The third-order valence-corrected chi connectivity index (χ3v) is 5.06. The predicted molar refractivity (Wildman–Crippen MR) is 114 cm³/mol. The molecule has 0 unspecified atom stereocenters. The maximum absolute atomic E-state index is 12.9. The normalized spacial score (nSPS) is 14.4. The number of carbonyl (C=O) groups excluding carboxylic acids is 1. The number of hydrazone groups is 1. The number of anilines is 2. The Hall–Kier alpha value is -3.59. The lowest BCUT2D eigenvalue weighted by atomic mass is 10.1. The van der Waals surface area contributed by atoms with Crippen molar-refractivity contribution in [2.75, 3.05) is 30.4 Å². The molecule has 3 aromatic rings. The van der Waals surface area contributed by atoms with Crippen LogP contribution in [-0.4, -0.2) is 46.5 Å². The average Bonchev–Trinajstić information content (AvgIpc) is 3.38. The summed E-state index contributed by atoms with van der Waals surface area (Å²) in [7, 11) is 1.65. The molecule has 4 rings (SSSR count). The molecule has 0 aliphatic carbocycles. The first-order valence-corrected chi connectivity index (χ1v) is 9.47. The number of rotatable bonds is 4. The maximum Gasteiger partial charge on any atom is 0.259 e. The van der Waals surface area contributed by atoms with E-state index >= 15 is 0 Å². The van der Waals surface area contributed by atoms with Crippen molar-refractivity contribution in [1.82, 2.24) is 14.6 Å². The number of pyridine rings is 1. The third kappa shape index (κ3) is 3.72. The van der Waals surface area contributed by atoms with E-state index in [2.05, 4.69) is 20.4 Å². The van der Waals surface area contributed by atoms with Gasteiger partial charge in [0.05, 0.1) is 17.3 Å². The number of fused-ring (bicyclic) bond motifs is 1. The van der Waals surface area contributed by atoms with Crippen LogP contribution in [0.15, 0.2) is 53.9 Å². The van der Waals surface area contributed by atoms with Crippen LogP contribution in [0, 0.1) is 0 Å². The van der Waals surface area contributed by atoms with Crippen LogP contribution in [0.5, 0.6) is 0 Å². The lowest BCUT2D eigenvalue weighted by Crippen LogP contribution is -2.34. The maximum atomic E-state index is 12.9. The van der Waals surface area contributed by atoms with Crippen molar-refractivity contribution in [3.8, 4) is 0 Å². The molecule has 3 heterocycles. The van der Waals surface area contributed by atoms with Gasteiger partial charge in [0.1, 0.15) is 0 Å². The quantitative estimate of drug-likeness (QED) is 0.269. The number of benzene rings is 1. The predicted octanol–water partition coefficient (Wildman–Crippen LogP) is 1.61. The zero-order valence-electron chi connectivity index (χ0n) is 16.2. The van der Waals surface area contributed by atoms with Crippen molar-refractivity contribution in [2.24, 2.45) is 16.8 Å². The van der Waals surface area contributed by atoms with Gasteiger partial charge in [-0.2, -0.15) is 10.2 Å². The van der Waals surface area contributed by atoms with E-state index in [1.807, 2.05) is 24.4 Å². The van der Waals surface area contributed by atoms with Crippen LogP contribution in [0.2, 0.25) is 0 Å². The summed E-state index contributed by atoms with van der Waals surface area (Å²) in [6, 6.07) is 11.3. The molecule has 0 bridgehead atoms. The highest BCUT2D eigenvalue weighted by Crippen LogP contribution is 2.24. The second-order valence-corrected chi connectivity index (χ2v) is 7.07. The fourth-order valence-electron chi connectivity index (χ4n) is 3.62. The lowest BCUT2D eigenvalue weighted by Gasteiger charge is -2.17. The standard InChI is InChI=1S/C20H24N8O/c1-26(22)19(25-21)14-5-4-6-15(11-14)24-20(29)17-13-23-28-10-7-16(12-18(17)28)27-8-2-3-9-27/h4-7,10-13H,2-3,8-9,21-22H2,1H3,(H,24,29)/b25-19-. The summed E-state index contributed by atoms with van der Waals surface area (Å²) >= 11 is 0.